The first-order valence-electron chi connectivity index (χ1n) is 11.5. The molecule has 2 saturated heterocycles. The molecule has 0 aromatic heterocycles. The summed E-state index contributed by atoms with van der Waals surface area (Å²) in [5, 5.41) is 0.121. The third-order valence-corrected chi connectivity index (χ3v) is 11.6. The second-order valence-corrected chi connectivity index (χ2v) is 15.2. The summed E-state index contributed by atoms with van der Waals surface area (Å²) < 4.78 is 33.0. The van der Waals surface area contributed by atoms with Crippen molar-refractivity contribution in [2.75, 3.05) is 37.8 Å². The minimum atomic E-state index is -1.90. The number of anilines is 1. The zero-order chi connectivity index (χ0) is 21.8. The highest BCUT2D eigenvalue weighted by Gasteiger charge is 2.37. The molecule has 6 heteroatoms. The van der Waals surface area contributed by atoms with E-state index in [1.165, 1.54) is 0 Å². The topological polar surface area (TPSA) is 30.9 Å². The van der Waals surface area contributed by atoms with Gasteiger partial charge in [0.25, 0.3) is 0 Å². The van der Waals surface area contributed by atoms with Crippen molar-refractivity contribution >= 4 is 14.0 Å². The van der Waals surface area contributed by atoms with Crippen molar-refractivity contribution in [1.82, 2.24) is 0 Å². The molecule has 4 nitrogen and oxygen atoms in total. The fourth-order valence-corrected chi connectivity index (χ4v) is 4.80. The Hall–Kier alpha value is -0.953. The molecule has 2 fully saturated rings. The number of hydrogen-bond acceptors (Lipinski definition) is 4. The Kier molecular flexibility index (Phi) is 7.99. The Morgan fingerprint density at radius 3 is 2.40 bits per heavy atom. The minimum Gasteiger partial charge on any atom is -0.412 e. The van der Waals surface area contributed by atoms with Crippen LogP contribution in [-0.2, 0) is 20.5 Å². The number of hydrogen-bond donors (Lipinski definition) is 0. The van der Waals surface area contributed by atoms with Gasteiger partial charge < -0.3 is 18.8 Å². The van der Waals surface area contributed by atoms with Gasteiger partial charge in [-0.25, -0.2) is 4.39 Å². The van der Waals surface area contributed by atoms with E-state index >= 15 is 4.39 Å². The van der Waals surface area contributed by atoms with Crippen molar-refractivity contribution in [2.45, 2.75) is 77.3 Å². The van der Waals surface area contributed by atoms with E-state index in [4.69, 9.17) is 13.9 Å². The van der Waals surface area contributed by atoms with E-state index in [9.17, 15) is 0 Å². The Labute approximate surface area is 183 Å². The predicted molar refractivity (Wildman–Crippen MR) is 123 cm³/mol. The molecule has 0 unspecified atom stereocenters. The molecule has 30 heavy (non-hydrogen) atoms. The molecule has 170 valence electrons. The Balaban J connectivity index is 1.52. The lowest BCUT2D eigenvalue weighted by molar-refractivity contribution is -0.0448. The Morgan fingerprint density at radius 2 is 1.77 bits per heavy atom. The van der Waals surface area contributed by atoms with Gasteiger partial charge in [-0.05, 0) is 55.8 Å². The summed E-state index contributed by atoms with van der Waals surface area (Å²) in [5.41, 5.74) is 1.39. The lowest BCUT2D eigenvalue weighted by Crippen LogP contribution is -2.40. The molecule has 0 amide bonds. The van der Waals surface area contributed by atoms with Gasteiger partial charge in [-0.1, -0.05) is 32.9 Å². The maximum Gasteiger partial charge on any atom is 0.192 e. The normalized spacial score (nSPS) is 20.0. The molecule has 2 aliphatic rings. The number of halogens is 1. The van der Waals surface area contributed by atoms with Crippen LogP contribution in [0.2, 0.25) is 18.1 Å². The third-order valence-electron chi connectivity index (χ3n) is 7.14. The van der Waals surface area contributed by atoms with Gasteiger partial charge >= 0.3 is 0 Å². The van der Waals surface area contributed by atoms with Crippen molar-refractivity contribution < 1.29 is 18.3 Å². The summed E-state index contributed by atoms with van der Waals surface area (Å²) in [6, 6.07) is 5.73. The van der Waals surface area contributed by atoms with E-state index in [-0.39, 0.29) is 10.9 Å². The van der Waals surface area contributed by atoms with Gasteiger partial charge in [0, 0.05) is 38.5 Å². The molecule has 2 heterocycles. The number of rotatable bonds is 7. The van der Waals surface area contributed by atoms with Crippen LogP contribution in [0.4, 0.5) is 10.1 Å². The van der Waals surface area contributed by atoms with Crippen LogP contribution in [0.25, 0.3) is 0 Å². The number of ether oxygens (including phenoxy) is 2. The summed E-state index contributed by atoms with van der Waals surface area (Å²) in [5.74, 6) is 0.449. The first-order valence-corrected chi connectivity index (χ1v) is 14.4. The van der Waals surface area contributed by atoms with E-state index in [0.717, 1.165) is 64.3 Å². The zero-order valence-corrected chi connectivity index (χ0v) is 20.5. The van der Waals surface area contributed by atoms with Crippen LogP contribution in [0.5, 0.6) is 0 Å². The van der Waals surface area contributed by atoms with Crippen molar-refractivity contribution in [3.63, 3.8) is 0 Å². The molecule has 1 aromatic rings. The molecular formula is C24H40FNO3Si. The number of benzene rings is 1. The summed E-state index contributed by atoms with van der Waals surface area (Å²) >= 11 is 0. The summed E-state index contributed by atoms with van der Waals surface area (Å²) in [4.78, 5) is 2.19. The highest BCUT2D eigenvalue weighted by Crippen LogP contribution is 2.37. The van der Waals surface area contributed by atoms with E-state index < -0.39 is 8.32 Å². The van der Waals surface area contributed by atoms with Gasteiger partial charge in [-0.3, -0.25) is 0 Å². The zero-order valence-electron chi connectivity index (χ0n) is 19.5. The third kappa shape index (κ3) is 6.06. The molecule has 0 saturated carbocycles. The molecule has 3 rings (SSSR count). The predicted octanol–water partition coefficient (Wildman–Crippen LogP) is 5.76. The van der Waals surface area contributed by atoms with Crippen LogP contribution < -0.4 is 4.90 Å². The van der Waals surface area contributed by atoms with Gasteiger partial charge in [0.15, 0.2) is 14.1 Å². The van der Waals surface area contributed by atoms with E-state index in [0.29, 0.717) is 24.2 Å². The molecule has 1 aromatic carbocycles. The Morgan fingerprint density at radius 1 is 1.10 bits per heavy atom. The van der Waals surface area contributed by atoms with Crippen LogP contribution >= 0.6 is 0 Å². The number of piperidine rings is 1. The van der Waals surface area contributed by atoms with Gasteiger partial charge in [-0.15, -0.1) is 0 Å². The van der Waals surface area contributed by atoms with Crippen LogP contribution in [0.15, 0.2) is 18.2 Å². The quantitative estimate of drug-likeness (QED) is 0.508. The molecule has 0 radical (unpaired) electrons. The minimum absolute atomic E-state index is 0.117. The molecule has 0 atom stereocenters. The van der Waals surface area contributed by atoms with Gasteiger partial charge in [-0.2, -0.15) is 0 Å². The highest BCUT2D eigenvalue weighted by molar-refractivity contribution is 6.74. The molecule has 0 N–H and O–H groups in total. The van der Waals surface area contributed by atoms with E-state index in [2.05, 4.69) is 38.8 Å². The van der Waals surface area contributed by atoms with Crippen LogP contribution in [0.3, 0.4) is 0 Å². The fraction of sp³-hybridized carbons (Fsp3) is 0.750. The Bertz CT molecular complexity index is 678. The highest BCUT2D eigenvalue weighted by atomic mass is 28.4. The smallest absolute Gasteiger partial charge is 0.192 e. The second kappa shape index (κ2) is 10.1. The second-order valence-electron chi connectivity index (χ2n) is 10.4. The van der Waals surface area contributed by atoms with Crippen molar-refractivity contribution in [3.05, 3.63) is 29.6 Å². The van der Waals surface area contributed by atoms with Crippen molar-refractivity contribution in [3.8, 4) is 0 Å². The maximum atomic E-state index is 15.3. The van der Waals surface area contributed by atoms with Crippen molar-refractivity contribution in [1.29, 1.82) is 0 Å². The first-order chi connectivity index (χ1) is 14.2. The SMILES string of the molecule is CC(C)(C)[Si](C)(C)OCc1cccc(N2CCC(COC3CCOCC3)CC2)c1F. The molecule has 0 aliphatic carbocycles. The monoisotopic (exact) mass is 437 g/mol. The molecule has 0 spiro atoms. The van der Waals surface area contributed by atoms with Crippen LogP contribution in [0, 0.1) is 11.7 Å². The van der Waals surface area contributed by atoms with Crippen LogP contribution in [0.1, 0.15) is 52.0 Å². The van der Waals surface area contributed by atoms with Crippen molar-refractivity contribution in [2.24, 2.45) is 5.92 Å². The largest absolute Gasteiger partial charge is 0.412 e. The molecule has 2 aliphatic heterocycles. The standard InChI is InChI=1S/C24H40FNO3Si/c1-24(2,3)30(4,5)29-18-20-7-6-8-22(23(20)25)26-13-9-19(10-14-26)17-28-21-11-15-27-16-12-21/h6-8,19,21H,9-18H2,1-5H3. The maximum absolute atomic E-state index is 15.3. The fourth-order valence-electron chi connectivity index (χ4n) is 3.85. The molecular weight excluding hydrogens is 397 g/mol. The van der Waals surface area contributed by atoms with Crippen LogP contribution in [-0.4, -0.2) is 47.3 Å². The van der Waals surface area contributed by atoms with E-state index in [1.807, 2.05) is 18.2 Å². The average molecular weight is 438 g/mol. The molecule has 0 bridgehead atoms. The first kappa shape index (κ1) is 23.7. The van der Waals surface area contributed by atoms with Gasteiger partial charge in [0.05, 0.1) is 18.4 Å². The number of nitrogens with zero attached hydrogens (tertiary/aromatic N) is 1. The average Bonchev–Trinajstić information content (AvgIpc) is 2.72. The van der Waals surface area contributed by atoms with E-state index in [1.54, 1.807) is 0 Å². The van der Waals surface area contributed by atoms with Gasteiger partial charge in [0.2, 0.25) is 0 Å². The summed E-state index contributed by atoms with van der Waals surface area (Å²) in [6.07, 6.45) is 4.47. The summed E-state index contributed by atoms with van der Waals surface area (Å²) in [7, 11) is -1.90. The summed E-state index contributed by atoms with van der Waals surface area (Å²) in [6.45, 7) is 15.6. The van der Waals surface area contributed by atoms with Gasteiger partial charge in [0.1, 0.15) is 0 Å². The lowest BCUT2D eigenvalue weighted by Gasteiger charge is -2.36. The lowest BCUT2D eigenvalue weighted by atomic mass is 9.97.